The maximum Gasteiger partial charge on any atom is 0.424 e. The average molecular weight is 368 g/mol. The van der Waals surface area contributed by atoms with E-state index < -0.39 is 47.5 Å². The van der Waals surface area contributed by atoms with Crippen LogP contribution in [-0.4, -0.2) is 33.4 Å². The first-order chi connectivity index (χ1) is 11.6. The Hall–Kier alpha value is -1.87. The molecule has 1 N–H and O–H groups in total. The summed E-state index contributed by atoms with van der Waals surface area (Å²) in [4.78, 5) is 11.4. The van der Waals surface area contributed by atoms with Crippen molar-refractivity contribution in [2.24, 2.45) is 11.8 Å². The molecule has 1 heterocycles. The van der Waals surface area contributed by atoms with Crippen molar-refractivity contribution in [2.75, 3.05) is 6.61 Å². The molecule has 0 amide bonds. The van der Waals surface area contributed by atoms with E-state index in [-0.39, 0.29) is 31.9 Å². The van der Waals surface area contributed by atoms with Crippen LogP contribution in [-0.2, 0) is 12.7 Å². The van der Waals surface area contributed by atoms with Gasteiger partial charge in [0.15, 0.2) is 11.3 Å². The smallest absolute Gasteiger partial charge is 0.424 e. The largest absolute Gasteiger partial charge is 0.477 e. The molecule has 0 aromatic carbocycles. The fraction of sp³-hybridized carbons (Fsp3) is 0.733. The van der Waals surface area contributed by atoms with Crippen molar-refractivity contribution in [1.82, 2.24) is 9.78 Å². The summed E-state index contributed by atoms with van der Waals surface area (Å²) in [6, 6.07) is 0. The van der Waals surface area contributed by atoms with Crippen LogP contribution in [0.15, 0.2) is 0 Å². The van der Waals surface area contributed by atoms with Crippen molar-refractivity contribution in [3.63, 3.8) is 0 Å². The molecular weight excluding hydrogens is 351 g/mol. The van der Waals surface area contributed by atoms with Crippen molar-refractivity contribution in [2.45, 2.75) is 50.7 Å². The number of carboxylic acids is 1. The maximum atomic E-state index is 13.3. The number of nitrogens with zero attached hydrogens (tertiary/aromatic N) is 2. The highest BCUT2D eigenvalue weighted by Crippen LogP contribution is 2.42. The maximum absolute atomic E-state index is 13.3. The molecule has 0 saturated heterocycles. The molecule has 1 aromatic heterocycles. The molecule has 3 rings (SSSR count). The van der Waals surface area contributed by atoms with Gasteiger partial charge >= 0.3 is 12.1 Å². The molecule has 0 aliphatic heterocycles. The molecule has 2 fully saturated rings. The van der Waals surface area contributed by atoms with Gasteiger partial charge in [-0.3, -0.25) is 4.68 Å². The van der Waals surface area contributed by atoms with Gasteiger partial charge < -0.3 is 9.84 Å². The zero-order valence-electron chi connectivity index (χ0n) is 13.2. The Morgan fingerprint density at radius 3 is 2.44 bits per heavy atom. The Morgan fingerprint density at radius 1 is 1.28 bits per heavy atom. The Bertz CT molecular complexity index is 667. The van der Waals surface area contributed by atoms with Gasteiger partial charge in [0, 0.05) is 19.4 Å². The molecule has 0 spiro atoms. The number of carbonyl (C=O) groups is 1. The molecule has 10 heteroatoms. The van der Waals surface area contributed by atoms with Gasteiger partial charge in [-0.2, -0.15) is 13.2 Å². The normalized spacial score (nSPS) is 23.0. The Balaban J connectivity index is 1.91. The minimum atomic E-state index is -4.97. The van der Waals surface area contributed by atoms with Gasteiger partial charge in [-0.25, -0.2) is 13.6 Å². The second-order valence-electron chi connectivity index (χ2n) is 6.73. The number of carboxylic acid groups (broad SMARTS) is 1. The van der Waals surface area contributed by atoms with Gasteiger partial charge in [0.1, 0.15) is 0 Å². The van der Waals surface area contributed by atoms with Crippen LogP contribution in [0.3, 0.4) is 0 Å². The van der Waals surface area contributed by atoms with E-state index in [1.165, 1.54) is 0 Å². The van der Waals surface area contributed by atoms with E-state index in [0.717, 1.165) is 12.8 Å². The summed E-state index contributed by atoms with van der Waals surface area (Å²) in [6.07, 6.45) is -4.05. The summed E-state index contributed by atoms with van der Waals surface area (Å²) in [6.45, 7) is -0.284. The number of aromatic carboxylic acids is 1. The molecule has 2 aliphatic carbocycles. The molecular formula is C15H17F5N2O3. The van der Waals surface area contributed by atoms with E-state index in [1.807, 2.05) is 0 Å². The summed E-state index contributed by atoms with van der Waals surface area (Å²) >= 11 is 0. The van der Waals surface area contributed by atoms with Crippen LogP contribution in [0.2, 0.25) is 0 Å². The van der Waals surface area contributed by atoms with Crippen molar-refractivity contribution >= 4 is 5.97 Å². The second kappa shape index (κ2) is 6.14. The monoisotopic (exact) mass is 368 g/mol. The summed E-state index contributed by atoms with van der Waals surface area (Å²) in [5.74, 6) is -5.97. The highest BCUT2D eigenvalue weighted by molar-refractivity contribution is 5.88. The van der Waals surface area contributed by atoms with Crippen molar-refractivity contribution < 1.29 is 36.6 Å². The van der Waals surface area contributed by atoms with E-state index in [4.69, 9.17) is 4.74 Å². The van der Waals surface area contributed by atoms with E-state index in [0.29, 0.717) is 4.68 Å². The lowest BCUT2D eigenvalue weighted by Crippen LogP contribution is -2.19. The van der Waals surface area contributed by atoms with Crippen LogP contribution in [0.5, 0.6) is 5.88 Å². The van der Waals surface area contributed by atoms with Crippen LogP contribution in [0.1, 0.15) is 48.2 Å². The number of ether oxygens (including phenoxy) is 1. The highest BCUT2D eigenvalue weighted by Gasteiger charge is 2.45. The standard InChI is InChI=1S/C15H17F5N2O3/c16-14(17)4-3-9(5-14)6-22-11(13(23)24)10(15(18,19)20)12(21-22)25-7-8-1-2-8/h8-9H,1-7H2,(H,23,24). The van der Waals surface area contributed by atoms with Gasteiger partial charge in [-0.1, -0.05) is 0 Å². The fourth-order valence-corrected chi connectivity index (χ4v) is 3.07. The third kappa shape index (κ3) is 4.04. The molecule has 1 atom stereocenters. The SMILES string of the molecule is O=C(O)c1c(C(F)(F)F)c(OCC2CC2)nn1CC1CCC(F)(F)C1. The van der Waals surface area contributed by atoms with Gasteiger partial charge in [0.25, 0.3) is 0 Å². The summed E-state index contributed by atoms with van der Waals surface area (Å²) in [5, 5.41) is 12.9. The molecule has 1 unspecified atom stereocenters. The first-order valence-corrected chi connectivity index (χ1v) is 7.99. The van der Waals surface area contributed by atoms with Crippen molar-refractivity contribution in [3.05, 3.63) is 11.3 Å². The van der Waals surface area contributed by atoms with Crippen LogP contribution in [0, 0.1) is 11.8 Å². The van der Waals surface area contributed by atoms with E-state index in [9.17, 15) is 31.9 Å². The molecule has 2 saturated carbocycles. The Morgan fingerprint density at radius 2 is 1.96 bits per heavy atom. The molecule has 2 aliphatic rings. The van der Waals surface area contributed by atoms with Crippen LogP contribution < -0.4 is 4.74 Å². The first-order valence-electron chi connectivity index (χ1n) is 7.99. The molecule has 1 aromatic rings. The third-order valence-electron chi connectivity index (χ3n) is 4.50. The Kier molecular flexibility index (Phi) is 4.40. The lowest BCUT2D eigenvalue weighted by Gasteiger charge is -2.12. The first kappa shape index (κ1) is 17.9. The lowest BCUT2D eigenvalue weighted by molar-refractivity contribution is -0.139. The highest BCUT2D eigenvalue weighted by atomic mass is 19.4. The topological polar surface area (TPSA) is 64.3 Å². The molecule has 0 radical (unpaired) electrons. The lowest BCUT2D eigenvalue weighted by atomic mass is 10.1. The van der Waals surface area contributed by atoms with Crippen molar-refractivity contribution in [1.29, 1.82) is 0 Å². The number of hydrogen-bond acceptors (Lipinski definition) is 3. The van der Waals surface area contributed by atoms with Crippen LogP contribution in [0.4, 0.5) is 22.0 Å². The van der Waals surface area contributed by atoms with Gasteiger partial charge in [0.05, 0.1) is 6.61 Å². The van der Waals surface area contributed by atoms with Gasteiger partial charge in [0.2, 0.25) is 11.8 Å². The van der Waals surface area contributed by atoms with Crippen molar-refractivity contribution in [3.8, 4) is 5.88 Å². The van der Waals surface area contributed by atoms with Gasteiger partial charge in [-0.05, 0) is 31.1 Å². The Labute approximate surface area is 139 Å². The number of hydrogen-bond donors (Lipinski definition) is 1. The van der Waals surface area contributed by atoms with E-state index in [1.54, 1.807) is 0 Å². The minimum Gasteiger partial charge on any atom is -0.477 e. The number of rotatable bonds is 6. The predicted molar refractivity (Wildman–Crippen MR) is 74.7 cm³/mol. The van der Waals surface area contributed by atoms with Crippen LogP contribution in [0.25, 0.3) is 0 Å². The molecule has 5 nitrogen and oxygen atoms in total. The third-order valence-corrected chi connectivity index (χ3v) is 4.50. The zero-order valence-corrected chi connectivity index (χ0v) is 13.2. The predicted octanol–water partition coefficient (Wildman–Crippen LogP) is 3.82. The number of alkyl halides is 5. The quantitative estimate of drug-likeness (QED) is 0.776. The van der Waals surface area contributed by atoms with E-state index in [2.05, 4.69) is 5.10 Å². The molecule has 0 bridgehead atoms. The second-order valence-corrected chi connectivity index (χ2v) is 6.73. The molecule has 140 valence electrons. The minimum absolute atomic E-state index is 0.0284. The molecule has 25 heavy (non-hydrogen) atoms. The average Bonchev–Trinajstić information content (AvgIpc) is 3.13. The summed E-state index contributed by atoms with van der Waals surface area (Å²) in [5.41, 5.74) is -2.51. The van der Waals surface area contributed by atoms with E-state index >= 15 is 0 Å². The number of aromatic nitrogens is 2. The fourth-order valence-electron chi connectivity index (χ4n) is 3.07. The van der Waals surface area contributed by atoms with Gasteiger partial charge in [-0.15, -0.1) is 5.10 Å². The number of halogens is 5. The summed E-state index contributed by atoms with van der Waals surface area (Å²) < 4.78 is 72.4. The summed E-state index contributed by atoms with van der Waals surface area (Å²) in [7, 11) is 0. The zero-order chi connectivity index (χ0) is 18.4. The van der Waals surface area contributed by atoms with Crippen LogP contribution >= 0.6 is 0 Å².